The standard InChI is InChI=1S/C29H31N5O3/c1-20-10-13-31-27(16-20)32-19-23-11-14-34(15-12-23)25-8-4-21(5-9-25)17-26(29(36)37)33-28(35)24-6-2-22(18-30)3-7-24/h2-10,13,16,23,26H,11-12,14-15,17,19H2,1H3,(H,31,32)(H,33,35)(H,36,37). The fourth-order valence-corrected chi connectivity index (χ4v) is 4.49. The zero-order chi connectivity index (χ0) is 26.2. The Morgan fingerprint density at radius 3 is 2.43 bits per heavy atom. The van der Waals surface area contributed by atoms with Crippen LogP contribution in [0.3, 0.4) is 0 Å². The number of carbonyl (C=O) groups is 2. The molecule has 0 radical (unpaired) electrons. The van der Waals surface area contributed by atoms with Crippen LogP contribution >= 0.6 is 0 Å². The van der Waals surface area contributed by atoms with Crippen molar-refractivity contribution < 1.29 is 14.7 Å². The van der Waals surface area contributed by atoms with Crippen LogP contribution in [0, 0.1) is 24.2 Å². The second-order valence-electron chi connectivity index (χ2n) is 9.45. The third kappa shape index (κ3) is 7.07. The van der Waals surface area contributed by atoms with Gasteiger partial charge in [0.05, 0.1) is 11.6 Å². The van der Waals surface area contributed by atoms with Crippen LogP contribution in [0.15, 0.2) is 66.9 Å². The van der Waals surface area contributed by atoms with Crippen LogP contribution in [0.2, 0.25) is 0 Å². The molecule has 8 nitrogen and oxygen atoms in total. The number of aryl methyl sites for hydroxylation is 1. The lowest BCUT2D eigenvalue weighted by atomic mass is 9.96. The maximum Gasteiger partial charge on any atom is 0.326 e. The number of carboxylic acid groups (broad SMARTS) is 1. The van der Waals surface area contributed by atoms with E-state index in [1.165, 1.54) is 29.8 Å². The van der Waals surface area contributed by atoms with Crippen molar-refractivity contribution in [2.45, 2.75) is 32.2 Å². The largest absolute Gasteiger partial charge is 0.480 e. The number of hydrogen-bond donors (Lipinski definition) is 3. The third-order valence-electron chi connectivity index (χ3n) is 6.72. The van der Waals surface area contributed by atoms with Gasteiger partial charge in [-0.3, -0.25) is 4.79 Å². The molecule has 37 heavy (non-hydrogen) atoms. The molecule has 1 aliphatic heterocycles. The summed E-state index contributed by atoms with van der Waals surface area (Å²) in [5, 5.41) is 24.6. The van der Waals surface area contributed by atoms with E-state index >= 15 is 0 Å². The van der Waals surface area contributed by atoms with Gasteiger partial charge in [-0.25, -0.2) is 9.78 Å². The minimum absolute atomic E-state index is 0.179. The average molecular weight is 498 g/mol. The number of rotatable bonds is 9. The van der Waals surface area contributed by atoms with E-state index in [0.29, 0.717) is 17.0 Å². The van der Waals surface area contributed by atoms with Crippen molar-refractivity contribution in [2.24, 2.45) is 5.92 Å². The van der Waals surface area contributed by atoms with Crippen molar-refractivity contribution in [1.82, 2.24) is 10.3 Å². The van der Waals surface area contributed by atoms with E-state index < -0.39 is 17.9 Å². The van der Waals surface area contributed by atoms with Crippen LogP contribution in [0.5, 0.6) is 0 Å². The molecule has 1 fully saturated rings. The maximum atomic E-state index is 12.5. The number of carbonyl (C=O) groups excluding carboxylic acids is 1. The molecule has 1 aliphatic rings. The van der Waals surface area contributed by atoms with E-state index in [4.69, 9.17) is 5.26 Å². The highest BCUT2D eigenvalue weighted by Gasteiger charge is 2.22. The molecular formula is C29H31N5O3. The number of carboxylic acids is 1. The van der Waals surface area contributed by atoms with Crippen LogP contribution in [-0.4, -0.2) is 47.6 Å². The summed E-state index contributed by atoms with van der Waals surface area (Å²) in [4.78, 5) is 31.0. The Kier molecular flexibility index (Phi) is 8.37. The third-order valence-corrected chi connectivity index (χ3v) is 6.72. The zero-order valence-corrected chi connectivity index (χ0v) is 20.9. The number of nitriles is 1. The van der Waals surface area contributed by atoms with E-state index in [-0.39, 0.29) is 6.42 Å². The van der Waals surface area contributed by atoms with Crippen molar-refractivity contribution in [2.75, 3.05) is 29.9 Å². The highest BCUT2D eigenvalue weighted by Crippen LogP contribution is 2.24. The van der Waals surface area contributed by atoms with Gasteiger partial charge >= 0.3 is 5.97 Å². The lowest BCUT2D eigenvalue weighted by Gasteiger charge is -2.34. The Labute approximate surface area is 217 Å². The molecule has 1 amide bonds. The van der Waals surface area contributed by atoms with Gasteiger partial charge in [0.2, 0.25) is 0 Å². The van der Waals surface area contributed by atoms with Gasteiger partial charge in [-0.2, -0.15) is 5.26 Å². The molecule has 3 N–H and O–H groups in total. The van der Waals surface area contributed by atoms with Crippen molar-refractivity contribution in [3.05, 3.63) is 89.1 Å². The van der Waals surface area contributed by atoms with Gasteiger partial charge in [-0.1, -0.05) is 12.1 Å². The molecule has 1 atom stereocenters. The topological polar surface area (TPSA) is 118 Å². The number of pyridine rings is 1. The normalized spacial score (nSPS) is 14.4. The number of benzene rings is 2. The molecular weight excluding hydrogens is 466 g/mol. The first-order valence-electron chi connectivity index (χ1n) is 12.5. The summed E-state index contributed by atoms with van der Waals surface area (Å²) in [7, 11) is 0. The predicted octanol–water partition coefficient (Wildman–Crippen LogP) is 4.02. The molecule has 0 bridgehead atoms. The van der Waals surface area contributed by atoms with Gasteiger partial charge in [0.25, 0.3) is 5.91 Å². The van der Waals surface area contributed by atoms with Crippen molar-refractivity contribution >= 4 is 23.4 Å². The molecule has 2 heterocycles. The van der Waals surface area contributed by atoms with E-state index in [0.717, 1.165) is 49.5 Å². The fourth-order valence-electron chi connectivity index (χ4n) is 4.49. The van der Waals surface area contributed by atoms with E-state index in [1.807, 2.05) is 42.6 Å². The quantitative estimate of drug-likeness (QED) is 0.409. The van der Waals surface area contributed by atoms with Crippen molar-refractivity contribution in [3.8, 4) is 6.07 Å². The van der Waals surface area contributed by atoms with E-state index in [2.05, 4.69) is 33.5 Å². The molecule has 0 spiro atoms. The van der Waals surface area contributed by atoms with Gasteiger partial charge in [-0.05, 0) is 85.3 Å². The van der Waals surface area contributed by atoms with Crippen molar-refractivity contribution in [3.63, 3.8) is 0 Å². The SMILES string of the molecule is Cc1ccnc(NCC2CCN(c3ccc(CC(NC(=O)c4ccc(C#N)cc4)C(=O)O)cc3)CC2)c1. The number of anilines is 2. The number of aromatic nitrogens is 1. The van der Waals surface area contributed by atoms with Gasteiger partial charge in [0, 0.05) is 43.5 Å². The van der Waals surface area contributed by atoms with Gasteiger partial charge in [0.1, 0.15) is 11.9 Å². The van der Waals surface area contributed by atoms with Gasteiger partial charge in [0.15, 0.2) is 0 Å². The van der Waals surface area contributed by atoms with Crippen LogP contribution in [-0.2, 0) is 11.2 Å². The average Bonchev–Trinajstić information content (AvgIpc) is 2.92. The number of aliphatic carboxylic acids is 1. The number of amides is 1. The molecule has 8 heteroatoms. The molecule has 1 saturated heterocycles. The Balaban J connectivity index is 1.28. The van der Waals surface area contributed by atoms with E-state index in [1.54, 1.807) is 0 Å². The number of piperidine rings is 1. The first kappa shape index (κ1) is 25.7. The summed E-state index contributed by atoms with van der Waals surface area (Å²) in [5.74, 6) is -0.0636. The first-order chi connectivity index (χ1) is 17.9. The highest BCUT2D eigenvalue weighted by molar-refractivity contribution is 5.96. The summed E-state index contributed by atoms with van der Waals surface area (Å²) < 4.78 is 0. The molecule has 3 aromatic rings. The van der Waals surface area contributed by atoms with Crippen LogP contribution in [0.4, 0.5) is 11.5 Å². The van der Waals surface area contributed by atoms with Crippen LogP contribution in [0.1, 0.15) is 39.9 Å². The predicted molar refractivity (Wildman–Crippen MR) is 143 cm³/mol. The lowest BCUT2D eigenvalue weighted by molar-refractivity contribution is -0.139. The fraction of sp³-hybridized carbons (Fsp3) is 0.310. The Bertz CT molecular complexity index is 1260. The van der Waals surface area contributed by atoms with Crippen molar-refractivity contribution in [1.29, 1.82) is 5.26 Å². The monoisotopic (exact) mass is 497 g/mol. The molecule has 0 saturated carbocycles. The summed E-state index contributed by atoms with van der Waals surface area (Å²) in [6.45, 7) is 4.90. The molecule has 0 aliphatic carbocycles. The lowest BCUT2D eigenvalue weighted by Crippen LogP contribution is -2.42. The Morgan fingerprint density at radius 1 is 1.11 bits per heavy atom. The van der Waals surface area contributed by atoms with Crippen LogP contribution < -0.4 is 15.5 Å². The molecule has 190 valence electrons. The smallest absolute Gasteiger partial charge is 0.326 e. The highest BCUT2D eigenvalue weighted by atomic mass is 16.4. The summed E-state index contributed by atoms with van der Waals surface area (Å²) >= 11 is 0. The molecule has 2 aromatic carbocycles. The molecule has 1 aromatic heterocycles. The summed E-state index contributed by atoms with van der Waals surface area (Å²) in [6.07, 6.45) is 4.18. The molecule has 4 rings (SSSR count). The summed E-state index contributed by atoms with van der Waals surface area (Å²) in [6, 6.07) is 19.0. The minimum Gasteiger partial charge on any atom is -0.480 e. The molecule has 1 unspecified atom stereocenters. The zero-order valence-electron chi connectivity index (χ0n) is 20.9. The van der Waals surface area contributed by atoms with Gasteiger partial charge < -0.3 is 20.6 Å². The Hall–Kier alpha value is -4.38. The summed E-state index contributed by atoms with van der Waals surface area (Å²) in [5.41, 5.74) is 3.89. The minimum atomic E-state index is -1.09. The second kappa shape index (κ2) is 12.0. The number of hydrogen-bond acceptors (Lipinski definition) is 6. The number of nitrogens with zero attached hydrogens (tertiary/aromatic N) is 3. The van der Waals surface area contributed by atoms with Crippen LogP contribution in [0.25, 0.3) is 0 Å². The number of nitrogens with one attached hydrogen (secondary N) is 2. The first-order valence-corrected chi connectivity index (χ1v) is 12.5. The Morgan fingerprint density at radius 2 is 1.81 bits per heavy atom. The van der Waals surface area contributed by atoms with E-state index in [9.17, 15) is 14.7 Å². The maximum absolute atomic E-state index is 12.5. The second-order valence-corrected chi connectivity index (χ2v) is 9.45. The van der Waals surface area contributed by atoms with Gasteiger partial charge in [-0.15, -0.1) is 0 Å².